The number of rotatable bonds is 6. The van der Waals surface area contributed by atoms with Crippen molar-refractivity contribution in [2.75, 3.05) is 7.11 Å². The third-order valence-electron chi connectivity index (χ3n) is 3.03. The smallest absolute Gasteiger partial charge is 0.173 e. The number of hydrogen-bond acceptors (Lipinski definition) is 4. The Hall–Kier alpha value is -2.14. The monoisotopic (exact) mass is 302 g/mol. The van der Waals surface area contributed by atoms with Crippen molar-refractivity contribution in [3.8, 4) is 5.75 Å². The van der Waals surface area contributed by atoms with E-state index in [0.717, 1.165) is 17.1 Å². The first-order chi connectivity index (χ1) is 10.2. The van der Waals surface area contributed by atoms with E-state index in [0.29, 0.717) is 11.3 Å². The first kappa shape index (κ1) is 15.3. The van der Waals surface area contributed by atoms with Gasteiger partial charge in [-0.15, -0.1) is 0 Å². The van der Waals surface area contributed by atoms with Gasteiger partial charge < -0.3 is 15.7 Å². The minimum atomic E-state index is 0.0572. The van der Waals surface area contributed by atoms with Crippen LogP contribution in [0.15, 0.2) is 53.7 Å². The van der Waals surface area contributed by atoms with Gasteiger partial charge in [0.05, 0.1) is 12.7 Å². The van der Waals surface area contributed by atoms with Gasteiger partial charge in [-0.1, -0.05) is 41.6 Å². The number of ether oxygens (including phenoxy) is 1. The second kappa shape index (κ2) is 7.59. The van der Waals surface area contributed by atoms with E-state index >= 15 is 0 Å². The number of thioether (sulfide) groups is 1. The molecule has 0 heterocycles. The Morgan fingerprint density at radius 2 is 1.86 bits per heavy atom. The van der Waals surface area contributed by atoms with Gasteiger partial charge in [-0.2, -0.15) is 11.8 Å². The summed E-state index contributed by atoms with van der Waals surface area (Å²) in [5, 5.41) is 11.9. The van der Waals surface area contributed by atoms with Crippen LogP contribution in [0.3, 0.4) is 0 Å². The number of methoxy groups -OCH3 is 1. The largest absolute Gasteiger partial charge is 0.496 e. The van der Waals surface area contributed by atoms with Crippen LogP contribution < -0.4 is 10.5 Å². The molecule has 0 unspecified atom stereocenters. The van der Waals surface area contributed by atoms with E-state index < -0.39 is 0 Å². The maximum absolute atomic E-state index is 8.83. The molecule has 0 aliphatic rings. The molecule has 0 fully saturated rings. The molecule has 2 aromatic rings. The molecular formula is C16H18N2O2S. The highest BCUT2D eigenvalue weighted by Gasteiger charge is 2.09. The van der Waals surface area contributed by atoms with E-state index in [1.165, 1.54) is 5.56 Å². The summed E-state index contributed by atoms with van der Waals surface area (Å²) in [5.74, 6) is 2.46. The van der Waals surface area contributed by atoms with E-state index in [-0.39, 0.29) is 5.84 Å². The van der Waals surface area contributed by atoms with Gasteiger partial charge in [0.2, 0.25) is 0 Å². The summed E-state index contributed by atoms with van der Waals surface area (Å²) in [5.41, 5.74) is 8.69. The number of benzene rings is 2. The van der Waals surface area contributed by atoms with Crippen molar-refractivity contribution in [1.29, 1.82) is 0 Å². The zero-order valence-electron chi connectivity index (χ0n) is 11.8. The molecule has 2 aromatic carbocycles. The summed E-state index contributed by atoms with van der Waals surface area (Å²) in [7, 11) is 1.56. The molecule has 0 aromatic heterocycles. The molecular weight excluding hydrogens is 284 g/mol. The minimum absolute atomic E-state index is 0.0572. The van der Waals surface area contributed by atoms with Gasteiger partial charge in [0.25, 0.3) is 0 Å². The lowest BCUT2D eigenvalue weighted by Crippen LogP contribution is -2.14. The molecule has 21 heavy (non-hydrogen) atoms. The predicted molar refractivity (Wildman–Crippen MR) is 86.9 cm³/mol. The number of oxime groups is 1. The Balaban J connectivity index is 2.04. The Bertz CT molecular complexity index is 615. The van der Waals surface area contributed by atoms with Crippen molar-refractivity contribution in [3.05, 3.63) is 65.2 Å². The molecule has 4 nitrogen and oxygen atoms in total. The van der Waals surface area contributed by atoms with Gasteiger partial charge in [-0.25, -0.2) is 0 Å². The quantitative estimate of drug-likeness (QED) is 0.372. The molecule has 0 amide bonds. The predicted octanol–water partition coefficient (Wildman–Crippen LogP) is 3.22. The molecule has 2 rings (SSSR count). The van der Waals surface area contributed by atoms with Crippen LogP contribution in [0.5, 0.6) is 5.75 Å². The molecule has 0 bridgehead atoms. The lowest BCUT2D eigenvalue weighted by Gasteiger charge is -2.09. The lowest BCUT2D eigenvalue weighted by molar-refractivity contribution is 0.318. The zero-order valence-corrected chi connectivity index (χ0v) is 12.6. The average molecular weight is 302 g/mol. The van der Waals surface area contributed by atoms with Gasteiger partial charge in [-0.05, 0) is 23.3 Å². The summed E-state index contributed by atoms with van der Waals surface area (Å²) in [6.07, 6.45) is 0. The number of nitrogens with zero attached hydrogens (tertiary/aromatic N) is 1. The first-order valence-electron chi connectivity index (χ1n) is 6.51. The molecule has 0 aliphatic carbocycles. The van der Waals surface area contributed by atoms with Crippen molar-refractivity contribution in [1.82, 2.24) is 0 Å². The second-order valence-corrected chi connectivity index (χ2v) is 5.48. The van der Waals surface area contributed by atoms with Crippen molar-refractivity contribution < 1.29 is 9.94 Å². The highest BCUT2D eigenvalue weighted by Crippen LogP contribution is 2.23. The fourth-order valence-electron chi connectivity index (χ4n) is 1.96. The van der Waals surface area contributed by atoms with Gasteiger partial charge >= 0.3 is 0 Å². The van der Waals surface area contributed by atoms with Crippen LogP contribution in [-0.2, 0) is 11.5 Å². The van der Waals surface area contributed by atoms with E-state index in [1.54, 1.807) is 7.11 Å². The molecule has 0 spiro atoms. The van der Waals surface area contributed by atoms with Crippen LogP contribution in [0.2, 0.25) is 0 Å². The third kappa shape index (κ3) is 4.16. The fourth-order valence-corrected chi connectivity index (χ4v) is 2.91. The van der Waals surface area contributed by atoms with Gasteiger partial charge in [0, 0.05) is 11.5 Å². The Morgan fingerprint density at radius 3 is 2.52 bits per heavy atom. The zero-order chi connectivity index (χ0) is 15.1. The maximum Gasteiger partial charge on any atom is 0.173 e. The normalized spacial score (nSPS) is 11.4. The SMILES string of the molecule is COc1ccc(CSCc2ccccc2)cc1C(N)=NO. The highest BCUT2D eigenvalue weighted by atomic mass is 32.2. The van der Waals surface area contributed by atoms with Crippen LogP contribution in [-0.4, -0.2) is 18.2 Å². The lowest BCUT2D eigenvalue weighted by atomic mass is 10.1. The molecule has 0 atom stereocenters. The first-order valence-corrected chi connectivity index (χ1v) is 7.66. The third-order valence-corrected chi connectivity index (χ3v) is 4.10. The van der Waals surface area contributed by atoms with Crippen LogP contribution in [0.25, 0.3) is 0 Å². The molecule has 5 heteroatoms. The van der Waals surface area contributed by atoms with Crippen molar-refractivity contribution in [2.24, 2.45) is 10.9 Å². The summed E-state index contributed by atoms with van der Waals surface area (Å²) in [6, 6.07) is 16.1. The molecule has 0 saturated carbocycles. The summed E-state index contributed by atoms with van der Waals surface area (Å²) >= 11 is 1.82. The Kier molecular flexibility index (Phi) is 5.51. The summed E-state index contributed by atoms with van der Waals surface area (Å²) in [4.78, 5) is 0. The van der Waals surface area contributed by atoms with E-state index in [4.69, 9.17) is 15.7 Å². The van der Waals surface area contributed by atoms with E-state index in [1.807, 2.05) is 48.2 Å². The average Bonchev–Trinajstić information content (AvgIpc) is 2.55. The minimum Gasteiger partial charge on any atom is -0.496 e. The van der Waals surface area contributed by atoms with Gasteiger partial charge in [0.15, 0.2) is 5.84 Å². The van der Waals surface area contributed by atoms with Crippen LogP contribution in [0, 0.1) is 0 Å². The van der Waals surface area contributed by atoms with E-state index in [9.17, 15) is 0 Å². The fraction of sp³-hybridized carbons (Fsp3) is 0.188. The molecule has 0 radical (unpaired) electrons. The maximum atomic E-state index is 8.83. The van der Waals surface area contributed by atoms with E-state index in [2.05, 4.69) is 17.3 Å². The van der Waals surface area contributed by atoms with Crippen LogP contribution in [0.1, 0.15) is 16.7 Å². The second-order valence-electron chi connectivity index (χ2n) is 4.50. The molecule has 110 valence electrons. The summed E-state index contributed by atoms with van der Waals surface area (Å²) in [6.45, 7) is 0. The molecule has 0 aliphatic heterocycles. The van der Waals surface area contributed by atoms with Gasteiger partial charge in [0.1, 0.15) is 5.75 Å². The topological polar surface area (TPSA) is 67.8 Å². The Labute approximate surface area is 128 Å². The molecule has 3 N–H and O–H groups in total. The Morgan fingerprint density at radius 1 is 1.14 bits per heavy atom. The molecule has 0 saturated heterocycles. The number of nitrogens with two attached hydrogens (primary N) is 1. The highest BCUT2D eigenvalue weighted by molar-refractivity contribution is 7.97. The van der Waals surface area contributed by atoms with Crippen molar-refractivity contribution >= 4 is 17.6 Å². The van der Waals surface area contributed by atoms with Crippen LogP contribution >= 0.6 is 11.8 Å². The van der Waals surface area contributed by atoms with Crippen molar-refractivity contribution in [3.63, 3.8) is 0 Å². The van der Waals surface area contributed by atoms with Crippen molar-refractivity contribution in [2.45, 2.75) is 11.5 Å². The van der Waals surface area contributed by atoms with Crippen LogP contribution in [0.4, 0.5) is 0 Å². The number of amidine groups is 1. The standard InChI is InChI=1S/C16H18N2O2S/c1-20-15-8-7-13(9-14(15)16(17)18-19)11-21-10-12-5-3-2-4-6-12/h2-9,19H,10-11H2,1H3,(H2,17,18). The summed E-state index contributed by atoms with van der Waals surface area (Å²) < 4.78 is 5.22. The number of hydrogen-bond donors (Lipinski definition) is 2. The van der Waals surface area contributed by atoms with Gasteiger partial charge in [-0.3, -0.25) is 0 Å².